The molecular weight excluding hydrogens is 170 g/mol. The summed E-state index contributed by atoms with van der Waals surface area (Å²) in [6.07, 6.45) is 0. The van der Waals surface area contributed by atoms with E-state index in [-0.39, 0.29) is 6.04 Å². The van der Waals surface area contributed by atoms with Crippen LogP contribution in [0.1, 0.15) is 25.5 Å². The lowest BCUT2D eigenvalue weighted by atomic mass is 10.1. The van der Waals surface area contributed by atoms with Crippen LogP contribution in [0.25, 0.3) is 0 Å². The molecule has 0 aliphatic carbocycles. The maximum atomic E-state index is 5.67. The highest BCUT2D eigenvalue weighted by molar-refractivity contribution is 6.64. The summed E-state index contributed by atoms with van der Waals surface area (Å²) in [4.78, 5) is 4.23. The van der Waals surface area contributed by atoms with Crippen LogP contribution in [0.5, 0.6) is 0 Å². The molecule has 0 fully saturated rings. The summed E-state index contributed by atoms with van der Waals surface area (Å²) in [6, 6.07) is 10.3. The fourth-order valence-electron chi connectivity index (χ4n) is 1.07. The summed E-state index contributed by atoms with van der Waals surface area (Å²) in [5.41, 5.74) is 1.19. The van der Waals surface area contributed by atoms with Gasteiger partial charge in [0.05, 0.1) is 11.2 Å². The molecule has 0 aliphatic rings. The first-order valence-electron chi connectivity index (χ1n) is 3.95. The molecule has 64 valence electrons. The van der Waals surface area contributed by atoms with Gasteiger partial charge >= 0.3 is 0 Å². The highest BCUT2D eigenvalue weighted by Gasteiger charge is 2.00. The van der Waals surface area contributed by atoms with E-state index in [9.17, 15) is 0 Å². The highest BCUT2D eigenvalue weighted by atomic mass is 35.5. The van der Waals surface area contributed by atoms with E-state index < -0.39 is 0 Å². The molecule has 1 rings (SSSR count). The third-order valence-electron chi connectivity index (χ3n) is 1.65. The average molecular weight is 182 g/mol. The first-order chi connectivity index (χ1) is 5.70. The van der Waals surface area contributed by atoms with Crippen LogP contribution in [0, 0.1) is 0 Å². The Labute approximate surface area is 78.1 Å². The number of hydrogen-bond acceptors (Lipinski definition) is 1. The molecule has 0 saturated carbocycles. The number of aliphatic imine (C=N–C) groups is 1. The summed E-state index contributed by atoms with van der Waals surface area (Å²) in [6.45, 7) is 3.82. The molecule has 0 heterocycles. The maximum absolute atomic E-state index is 5.67. The molecule has 1 aromatic carbocycles. The van der Waals surface area contributed by atoms with Crippen molar-refractivity contribution in [2.75, 3.05) is 0 Å². The van der Waals surface area contributed by atoms with Crippen molar-refractivity contribution in [3.05, 3.63) is 35.9 Å². The molecule has 0 aromatic heterocycles. The lowest BCUT2D eigenvalue weighted by Gasteiger charge is -2.05. The minimum Gasteiger partial charge on any atom is -0.270 e. The Morgan fingerprint density at radius 1 is 1.33 bits per heavy atom. The van der Waals surface area contributed by atoms with E-state index in [1.807, 2.05) is 37.3 Å². The molecule has 1 atom stereocenters. The molecule has 2 heteroatoms. The molecular formula is C10H12ClN. The van der Waals surface area contributed by atoms with Crippen LogP contribution < -0.4 is 0 Å². The summed E-state index contributed by atoms with van der Waals surface area (Å²) in [7, 11) is 0. The molecule has 0 N–H and O–H groups in total. The van der Waals surface area contributed by atoms with Gasteiger partial charge in [-0.25, -0.2) is 0 Å². The first-order valence-corrected chi connectivity index (χ1v) is 4.33. The number of benzene rings is 1. The first kappa shape index (κ1) is 9.27. The van der Waals surface area contributed by atoms with Crippen molar-refractivity contribution in [2.45, 2.75) is 19.9 Å². The van der Waals surface area contributed by atoms with E-state index in [1.165, 1.54) is 5.56 Å². The lowest BCUT2D eigenvalue weighted by molar-refractivity contribution is 0.822. The SMILES string of the molecule is CC(Cl)=N[C@@H](C)c1ccccc1. The van der Waals surface area contributed by atoms with Gasteiger partial charge in [0, 0.05) is 0 Å². The van der Waals surface area contributed by atoms with Crippen LogP contribution in [0.3, 0.4) is 0 Å². The van der Waals surface area contributed by atoms with Gasteiger partial charge in [0.25, 0.3) is 0 Å². The zero-order valence-corrected chi connectivity index (χ0v) is 8.05. The summed E-state index contributed by atoms with van der Waals surface area (Å²) in [5, 5.41) is 0.603. The van der Waals surface area contributed by atoms with E-state index in [4.69, 9.17) is 11.6 Å². The van der Waals surface area contributed by atoms with Crippen molar-refractivity contribution >= 4 is 16.8 Å². The maximum Gasteiger partial charge on any atom is 0.0979 e. The van der Waals surface area contributed by atoms with Crippen molar-refractivity contribution in [1.82, 2.24) is 0 Å². The lowest BCUT2D eigenvalue weighted by Crippen LogP contribution is -1.90. The molecule has 0 unspecified atom stereocenters. The summed E-state index contributed by atoms with van der Waals surface area (Å²) >= 11 is 5.67. The van der Waals surface area contributed by atoms with E-state index in [0.29, 0.717) is 5.17 Å². The number of nitrogens with zero attached hydrogens (tertiary/aromatic N) is 1. The summed E-state index contributed by atoms with van der Waals surface area (Å²) < 4.78 is 0. The molecule has 0 spiro atoms. The minimum absolute atomic E-state index is 0.156. The molecule has 1 nitrogen and oxygen atoms in total. The zero-order valence-electron chi connectivity index (χ0n) is 7.29. The largest absolute Gasteiger partial charge is 0.270 e. The van der Waals surface area contributed by atoms with E-state index in [2.05, 4.69) is 4.99 Å². The molecule has 0 bridgehead atoms. The quantitative estimate of drug-likeness (QED) is 0.621. The Morgan fingerprint density at radius 2 is 1.92 bits per heavy atom. The zero-order chi connectivity index (χ0) is 8.97. The van der Waals surface area contributed by atoms with Crippen LogP contribution in [0.4, 0.5) is 0 Å². The smallest absolute Gasteiger partial charge is 0.0979 e. The van der Waals surface area contributed by atoms with Gasteiger partial charge in [-0.15, -0.1) is 0 Å². The Kier molecular flexibility index (Phi) is 3.30. The second-order valence-electron chi connectivity index (χ2n) is 2.71. The predicted octanol–water partition coefficient (Wildman–Crippen LogP) is 3.40. The molecule has 12 heavy (non-hydrogen) atoms. The van der Waals surface area contributed by atoms with Gasteiger partial charge < -0.3 is 0 Å². The minimum atomic E-state index is 0.156. The second kappa shape index (κ2) is 4.27. The fraction of sp³-hybridized carbons (Fsp3) is 0.300. The molecule has 0 saturated heterocycles. The number of halogens is 1. The van der Waals surface area contributed by atoms with Crippen molar-refractivity contribution in [1.29, 1.82) is 0 Å². The molecule has 0 aliphatic heterocycles. The van der Waals surface area contributed by atoms with Crippen molar-refractivity contribution in [3.8, 4) is 0 Å². The van der Waals surface area contributed by atoms with Crippen molar-refractivity contribution in [3.63, 3.8) is 0 Å². The number of hydrogen-bond donors (Lipinski definition) is 0. The second-order valence-corrected chi connectivity index (χ2v) is 3.26. The average Bonchev–Trinajstić information content (AvgIpc) is 2.05. The van der Waals surface area contributed by atoms with Crippen molar-refractivity contribution < 1.29 is 0 Å². The third kappa shape index (κ3) is 2.67. The monoisotopic (exact) mass is 181 g/mol. The topological polar surface area (TPSA) is 12.4 Å². The van der Waals surface area contributed by atoms with Gasteiger partial charge in [-0.2, -0.15) is 0 Å². The molecule has 0 amide bonds. The molecule has 1 aromatic rings. The number of rotatable bonds is 2. The van der Waals surface area contributed by atoms with Gasteiger partial charge in [0.15, 0.2) is 0 Å². The van der Waals surface area contributed by atoms with Crippen LogP contribution in [0.2, 0.25) is 0 Å². The van der Waals surface area contributed by atoms with Gasteiger partial charge in [-0.05, 0) is 19.4 Å². The van der Waals surface area contributed by atoms with Gasteiger partial charge in [0.1, 0.15) is 0 Å². The van der Waals surface area contributed by atoms with Gasteiger partial charge in [-0.3, -0.25) is 4.99 Å². The summed E-state index contributed by atoms with van der Waals surface area (Å²) in [5.74, 6) is 0. The standard InChI is InChI=1S/C10H12ClN/c1-8(12-9(2)11)10-6-4-3-5-7-10/h3-8H,1-2H3/t8-/m0/s1. The van der Waals surface area contributed by atoms with Crippen molar-refractivity contribution in [2.24, 2.45) is 4.99 Å². The van der Waals surface area contributed by atoms with Crippen LogP contribution in [-0.4, -0.2) is 5.17 Å². The van der Waals surface area contributed by atoms with Crippen LogP contribution in [0.15, 0.2) is 35.3 Å². The van der Waals surface area contributed by atoms with E-state index >= 15 is 0 Å². The van der Waals surface area contributed by atoms with Crippen LogP contribution in [-0.2, 0) is 0 Å². The van der Waals surface area contributed by atoms with E-state index in [0.717, 1.165) is 0 Å². The third-order valence-corrected chi connectivity index (χ3v) is 1.75. The Balaban J connectivity index is 2.79. The predicted molar refractivity (Wildman–Crippen MR) is 53.8 cm³/mol. The Morgan fingerprint density at radius 3 is 2.42 bits per heavy atom. The normalized spacial score (nSPS) is 14.4. The molecule has 0 radical (unpaired) electrons. The Hall–Kier alpha value is -0.820. The Bertz CT molecular complexity index is 262. The highest BCUT2D eigenvalue weighted by Crippen LogP contribution is 2.16. The van der Waals surface area contributed by atoms with Crippen LogP contribution >= 0.6 is 11.6 Å². The van der Waals surface area contributed by atoms with E-state index in [1.54, 1.807) is 6.92 Å². The van der Waals surface area contributed by atoms with Gasteiger partial charge in [0.2, 0.25) is 0 Å². The fourth-order valence-corrected chi connectivity index (χ4v) is 1.22. The van der Waals surface area contributed by atoms with Gasteiger partial charge in [-0.1, -0.05) is 41.9 Å².